The molecule has 1 atom stereocenters. The van der Waals surface area contributed by atoms with Crippen LogP contribution in [0.5, 0.6) is 0 Å². The first kappa shape index (κ1) is 23.0. The monoisotopic (exact) mass is 380 g/mol. The van der Waals surface area contributed by atoms with E-state index in [-0.39, 0.29) is 19.0 Å². The highest BCUT2D eigenvalue weighted by molar-refractivity contribution is 5.72. The fourth-order valence-corrected chi connectivity index (χ4v) is 2.61. The first-order valence-corrected chi connectivity index (χ1v) is 9.48. The molecule has 0 aliphatic carbocycles. The highest BCUT2D eigenvalue weighted by Crippen LogP contribution is 2.12. The minimum absolute atomic E-state index is 0.0324. The number of carbonyl (C=O) groups is 2. The summed E-state index contributed by atoms with van der Waals surface area (Å²) < 4.78 is 11.5. The molecule has 0 amide bonds. The van der Waals surface area contributed by atoms with Gasteiger partial charge in [-0.2, -0.15) is 0 Å². The van der Waals surface area contributed by atoms with Gasteiger partial charge in [-0.3, -0.25) is 19.6 Å². The van der Waals surface area contributed by atoms with E-state index in [1.54, 1.807) is 0 Å². The molecule has 0 N–H and O–H groups in total. The first-order valence-electron chi connectivity index (χ1n) is 9.48. The maximum atomic E-state index is 12.3. The highest BCUT2D eigenvalue weighted by atomic mass is 16.6. The van der Waals surface area contributed by atoms with Crippen LogP contribution in [0.25, 0.3) is 0 Å². The van der Waals surface area contributed by atoms with Crippen LogP contribution >= 0.6 is 0 Å². The van der Waals surface area contributed by atoms with E-state index in [0.717, 1.165) is 29.9 Å². The van der Waals surface area contributed by atoms with Crippen molar-refractivity contribution in [3.05, 3.63) is 22.8 Å². The molecule has 0 aromatic carbocycles. The van der Waals surface area contributed by atoms with Crippen molar-refractivity contribution in [2.24, 2.45) is 0 Å². The second kappa shape index (κ2) is 10.3. The van der Waals surface area contributed by atoms with E-state index in [1.165, 1.54) is 0 Å². The number of aryl methyl sites for hydroxylation is 3. The molecule has 1 heterocycles. The molecule has 27 heavy (non-hydrogen) atoms. The van der Waals surface area contributed by atoms with Crippen molar-refractivity contribution < 1.29 is 23.5 Å². The van der Waals surface area contributed by atoms with Gasteiger partial charge >= 0.3 is 11.9 Å². The SMILES string of the molecule is CCCCC(=O)OC(CC(=O)OCc1nc(C)c(C)nc1C)C[N+](C)(C)C. The zero-order valence-corrected chi connectivity index (χ0v) is 17.8. The van der Waals surface area contributed by atoms with Crippen molar-refractivity contribution in [2.45, 2.75) is 66.1 Å². The Morgan fingerprint density at radius 2 is 1.63 bits per heavy atom. The summed E-state index contributed by atoms with van der Waals surface area (Å²) >= 11 is 0. The Morgan fingerprint density at radius 3 is 2.22 bits per heavy atom. The summed E-state index contributed by atoms with van der Waals surface area (Å²) in [5.74, 6) is -0.671. The Kier molecular flexibility index (Phi) is 8.82. The van der Waals surface area contributed by atoms with Crippen molar-refractivity contribution in [2.75, 3.05) is 27.7 Å². The molecule has 0 saturated heterocycles. The summed E-state index contributed by atoms with van der Waals surface area (Å²) in [5, 5.41) is 0. The number of unbranched alkanes of at least 4 members (excludes halogenated alkanes) is 1. The van der Waals surface area contributed by atoms with Crippen molar-refractivity contribution in [3.8, 4) is 0 Å². The molecule has 0 bridgehead atoms. The number of nitrogens with zero attached hydrogens (tertiary/aromatic N) is 3. The molecule has 0 aliphatic heterocycles. The van der Waals surface area contributed by atoms with Crippen LogP contribution in [0, 0.1) is 20.8 Å². The fourth-order valence-electron chi connectivity index (χ4n) is 2.61. The number of hydrogen-bond acceptors (Lipinski definition) is 6. The van der Waals surface area contributed by atoms with E-state index in [4.69, 9.17) is 9.47 Å². The molecular weight excluding hydrogens is 346 g/mol. The number of ether oxygens (including phenoxy) is 2. The predicted octanol–water partition coefficient (Wildman–Crippen LogP) is 2.64. The van der Waals surface area contributed by atoms with Gasteiger partial charge in [-0.05, 0) is 27.2 Å². The Bertz CT molecular complexity index is 653. The third-order valence-electron chi connectivity index (χ3n) is 4.13. The molecule has 1 aromatic heterocycles. The summed E-state index contributed by atoms with van der Waals surface area (Å²) in [5.41, 5.74) is 3.08. The van der Waals surface area contributed by atoms with Gasteiger partial charge in [-0.25, -0.2) is 0 Å². The molecule has 1 unspecified atom stereocenters. The number of esters is 2. The van der Waals surface area contributed by atoms with E-state index in [0.29, 0.717) is 23.1 Å². The maximum absolute atomic E-state index is 12.3. The molecule has 152 valence electrons. The second-order valence-electron chi connectivity index (χ2n) is 7.98. The van der Waals surface area contributed by atoms with Crippen LogP contribution in [-0.2, 0) is 25.7 Å². The van der Waals surface area contributed by atoms with Gasteiger partial charge in [0.15, 0.2) is 6.10 Å². The van der Waals surface area contributed by atoms with Crippen molar-refractivity contribution in [1.29, 1.82) is 0 Å². The van der Waals surface area contributed by atoms with Gasteiger partial charge < -0.3 is 14.0 Å². The molecular formula is C20H34N3O4+. The summed E-state index contributed by atoms with van der Waals surface area (Å²) in [7, 11) is 5.98. The van der Waals surface area contributed by atoms with Gasteiger partial charge in [-0.1, -0.05) is 13.3 Å². The third kappa shape index (κ3) is 8.95. The lowest BCUT2D eigenvalue weighted by atomic mass is 10.2. The molecule has 1 rings (SSSR count). The smallest absolute Gasteiger partial charge is 0.310 e. The first-order chi connectivity index (χ1) is 12.5. The fraction of sp³-hybridized carbons (Fsp3) is 0.700. The molecule has 1 aromatic rings. The lowest BCUT2D eigenvalue weighted by Crippen LogP contribution is -2.44. The van der Waals surface area contributed by atoms with Gasteiger partial charge in [0.2, 0.25) is 0 Å². The lowest BCUT2D eigenvalue weighted by Gasteiger charge is -2.28. The van der Waals surface area contributed by atoms with Crippen LogP contribution in [0.1, 0.15) is 55.4 Å². The number of rotatable bonds is 10. The van der Waals surface area contributed by atoms with Crippen molar-refractivity contribution in [1.82, 2.24) is 9.97 Å². The topological polar surface area (TPSA) is 78.4 Å². The minimum Gasteiger partial charge on any atom is -0.459 e. The predicted molar refractivity (Wildman–Crippen MR) is 103 cm³/mol. The van der Waals surface area contributed by atoms with Crippen LogP contribution in [0.3, 0.4) is 0 Å². The summed E-state index contributed by atoms with van der Waals surface area (Å²) in [4.78, 5) is 33.1. The van der Waals surface area contributed by atoms with Gasteiger partial charge in [0, 0.05) is 6.42 Å². The van der Waals surface area contributed by atoms with Crippen LogP contribution in [0.4, 0.5) is 0 Å². The Balaban J connectivity index is 2.67. The van der Waals surface area contributed by atoms with Crippen molar-refractivity contribution >= 4 is 11.9 Å². The normalized spacial score (nSPS) is 12.6. The summed E-state index contributed by atoms with van der Waals surface area (Å²) in [6.45, 7) is 8.24. The molecule has 0 spiro atoms. The van der Waals surface area contributed by atoms with E-state index >= 15 is 0 Å². The molecule has 0 fully saturated rings. The van der Waals surface area contributed by atoms with Crippen LogP contribution < -0.4 is 0 Å². The quantitative estimate of drug-likeness (QED) is 0.459. The van der Waals surface area contributed by atoms with Gasteiger partial charge in [0.05, 0.1) is 50.3 Å². The number of aromatic nitrogens is 2. The average molecular weight is 381 g/mol. The standard InChI is InChI=1S/C20H34N3O4/c1-8-9-10-19(24)27-17(12-23(5,6)7)11-20(25)26-13-18-16(4)21-14(2)15(3)22-18/h17H,8-13H2,1-7H3/q+1. The van der Waals surface area contributed by atoms with E-state index < -0.39 is 12.1 Å². The number of quaternary nitrogens is 1. The van der Waals surface area contributed by atoms with Gasteiger partial charge in [-0.15, -0.1) is 0 Å². The molecule has 7 nitrogen and oxygen atoms in total. The Hall–Kier alpha value is -2.02. The second-order valence-corrected chi connectivity index (χ2v) is 7.98. The highest BCUT2D eigenvalue weighted by Gasteiger charge is 2.25. The Morgan fingerprint density at radius 1 is 1.00 bits per heavy atom. The van der Waals surface area contributed by atoms with Gasteiger partial charge in [0.25, 0.3) is 0 Å². The number of hydrogen-bond donors (Lipinski definition) is 0. The zero-order chi connectivity index (χ0) is 20.6. The zero-order valence-electron chi connectivity index (χ0n) is 17.8. The van der Waals surface area contributed by atoms with E-state index in [1.807, 2.05) is 48.8 Å². The average Bonchev–Trinajstić information content (AvgIpc) is 2.53. The van der Waals surface area contributed by atoms with Gasteiger partial charge in [0.1, 0.15) is 13.2 Å². The molecule has 0 aliphatic rings. The Labute approximate surface area is 162 Å². The number of likely N-dealkylation sites (N-methyl/N-ethyl adjacent to an activating group) is 1. The minimum atomic E-state index is -0.506. The third-order valence-corrected chi connectivity index (χ3v) is 4.13. The van der Waals surface area contributed by atoms with E-state index in [9.17, 15) is 9.59 Å². The molecule has 7 heteroatoms. The van der Waals surface area contributed by atoms with Crippen LogP contribution in [0.15, 0.2) is 0 Å². The van der Waals surface area contributed by atoms with Crippen LogP contribution in [0.2, 0.25) is 0 Å². The van der Waals surface area contributed by atoms with Crippen molar-refractivity contribution in [3.63, 3.8) is 0 Å². The lowest BCUT2D eigenvalue weighted by molar-refractivity contribution is -0.873. The van der Waals surface area contributed by atoms with E-state index in [2.05, 4.69) is 9.97 Å². The molecule has 0 radical (unpaired) electrons. The largest absolute Gasteiger partial charge is 0.459 e. The van der Waals surface area contributed by atoms with Crippen LogP contribution in [-0.4, -0.2) is 60.2 Å². The summed E-state index contributed by atoms with van der Waals surface area (Å²) in [6, 6.07) is 0. The summed E-state index contributed by atoms with van der Waals surface area (Å²) in [6.07, 6.45) is 1.61. The number of carbonyl (C=O) groups excluding carboxylic acids is 2. The maximum Gasteiger partial charge on any atom is 0.310 e. The molecule has 0 saturated carbocycles.